The van der Waals surface area contributed by atoms with Crippen LogP contribution in [0.1, 0.15) is 51.2 Å². The van der Waals surface area contributed by atoms with Gasteiger partial charge in [0.05, 0.1) is 28.7 Å². The van der Waals surface area contributed by atoms with E-state index in [-0.39, 0.29) is 23.2 Å². The first-order chi connectivity index (χ1) is 15.5. The average molecular weight is 453 g/mol. The molecule has 1 saturated heterocycles. The largest absolute Gasteiger partial charge is 0.445 e. The molecule has 1 amide bonds. The van der Waals surface area contributed by atoms with Gasteiger partial charge in [0.1, 0.15) is 16.4 Å². The highest BCUT2D eigenvalue weighted by atomic mass is 32.1. The van der Waals surface area contributed by atoms with Crippen molar-refractivity contribution < 1.29 is 13.6 Å². The van der Waals surface area contributed by atoms with Gasteiger partial charge in [-0.15, -0.1) is 11.3 Å². The molecule has 4 heterocycles. The monoisotopic (exact) mass is 452 g/mol. The first kappa shape index (κ1) is 20.6. The average Bonchev–Trinajstić information content (AvgIpc) is 3.39. The lowest BCUT2D eigenvalue weighted by atomic mass is 9.97. The number of hydrogen-bond donors (Lipinski definition) is 1. The molecule has 0 aliphatic carbocycles. The lowest BCUT2D eigenvalue weighted by Crippen LogP contribution is -2.39. The number of carbonyl (C=O) groups is 1. The number of piperidine rings is 1. The zero-order valence-corrected chi connectivity index (χ0v) is 18.2. The van der Waals surface area contributed by atoms with Crippen molar-refractivity contribution in [2.45, 2.75) is 32.1 Å². The molecule has 9 heteroatoms. The van der Waals surface area contributed by atoms with E-state index in [4.69, 9.17) is 4.42 Å². The van der Waals surface area contributed by atoms with Crippen LogP contribution >= 0.6 is 11.3 Å². The van der Waals surface area contributed by atoms with E-state index in [1.165, 1.54) is 29.8 Å². The third-order valence-electron chi connectivity index (χ3n) is 5.82. The number of aryl methyl sites for hydroxylation is 1. The fourth-order valence-electron chi connectivity index (χ4n) is 4.23. The fraction of sp³-hybridized carbons (Fsp3) is 0.304. The summed E-state index contributed by atoms with van der Waals surface area (Å²) >= 11 is 1.25. The molecule has 1 atom stereocenters. The second-order valence-electron chi connectivity index (χ2n) is 8.03. The van der Waals surface area contributed by atoms with E-state index in [0.717, 1.165) is 18.4 Å². The minimum Gasteiger partial charge on any atom is -0.445 e. The molecule has 0 bridgehead atoms. The van der Waals surface area contributed by atoms with Crippen LogP contribution in [0.4, 0.5) is 4.39 Å². The zero-order valence-electron chi connectivity index (χ0n) is 17.4. The molecule has 0 radical (unpaired) electrons. The van der Waals surface area contributed by atoms with E-state index in [0.29, 0.717) is 51.8 Å². The van der Waals surface area contributed by atoms with Crippen LogP contribution in [0, 0.1) is 12.7 Å². The maximum absolute atomic E-state index is 13.4. The van der Waals surface area contributed by atoms with E-state index in [1.54, 1.807) is 24.1 Å². The Morgan fingerprint density at radius 3 is 3.06 bits per heavy atom. The summed E-state index contributed by atoms with van der Waals surface area (Å²) in [5.41, 5.74) is 1.25. The summed E-state index contributed by atoms with van der Waals surface area (Å²) in [5.74, 6) is 0.878. The number of fused-ring (bicyclic) bond motifs is 1. The number of halogens is 1. The molecule has 32 heavy (non-hydrogen) atoms. The molecule has 0 unspecified atom stereocenters. The number of amides is 1. The van der Waals surface area contributed by atoms with Crippen LogP contribution in [0.15, 0.2) is 46.0 Å². The van der Waals surface area contributed by atoms with Crippen LogP contribution in [0.3, 0.4) is 0 Å². The molecule has 1 N–H and O–H groups in total. The number of aromatic amines is 1. The standard InChI is InChI=1S/C23H21FN4O3S/c1-13-18-20(29)26-12-27-22(18)32-19(13)23(30)28-7-3-5-15(11-28)21-25-10-17(31-21)9-14-4-2-6-16(24)8-14/h2,4,6,8,10,12,15H,3,5,7,9,11H2,1H3,(H,26,27,29)/t15-/m1/s1. The molecular weight excluding hydrogens is 431 g/mol. The predicted octanol–water partition coefficient (Wildman–Crippen LogP) is 4.03. The van der Waals surface area contributed by atoms with Gasteiger partial charge in [0.2, 0.25) is 0 Å². The Labute approximate surface area is 186 Å². The van der Waals surface area contributed by atoms with Crippen LogP contribution in [0.25, 0.3) is 10.2 Å². The van der Waals surface area contributed by atoms with E-state index in [2.05, 4.69) is 15.0 Å². The number of hydrogen-bond acceptors (Lipinski definition) is 6. The number of nitrogens with one attached hydrogen (secondary N) is 1. The van der Waals surface area contributed by atoms with Crippen molar-refractivity contribution in [3.8, 4) is 0 Å². The number of oxazole rings is 1. The molecule has 0 saturated carbocycles. The lowest BCUT2D eigenvalue weighted by molar-refractivity contribution is 0.0702. The van der Waals surface area contributed by atoms with Gasteiger partial charge in [-0.3, -0.25) is 9.59 Å². The number of thiophene rings is 1. The summed E-state index contributed by atoms with van der Waals surface area (Å²) in [5, 5.41) is 0.476. The molecular formula is C23H21FN4O3S. The quantitative estimate of drug-likeness (QED) is 0.505. The van der Waals surface area contributed by atoms with Crippen molar-refractivity contribution in [3.63, 3.8) is 0 Å². The second kappa shape index (κ2) is 8.31. The Balaban J connectivity index is 1.33. The van der Waals surface area contributed by atoms with Gasteiger partial charge in [-0.1, -0.05) is 12.1 Å². The zero-order chi connectivity index (χ0) is 22.2. The summed E-state index contributed by atoms with van der Waals surface area (Å²) < 4.78 is 19.4. The van der Waals surface area contributed by atoms with Gasteiger partial charge in [0.25, 0.3) is 11.5 Å². The lowest BCUT2D eigenvalue weighted by Gasteiger charge is -2.31. The van der Waals surface area contributed by atoms with Crippen molar-refractivity contribution in [1.29, 1.82) is 0 Å². The maximum atomic E-state index is 13.4. The van der Waals surface area contributed by atoms with E-state index >= 15 is 0 Å². The van der Waals surface area contributed by atoms with Gasteiger partial charge in [0.15, 0.2) is 5.89 Å². The minimum absolute atomic E-state index is 0.00910. The Kier molecular flexibility index (Phi) is 5.34. The first-order valence-electron chi connectivity index (χ1n) is 10.4. The second-order valence-corrected chi connectivity index (χ2v) is 9.03. The van der Waals surface area contributed by atoms with Crippen molar-refractivity contribution in [3.05, 3.63) is 80.6 Å². The Morgan fingerprint density at radius 2 is 2.25 bits per heavy atom. The molecule has 1 aliphatic heterocycles. The molecule has 5 rings (SSSR count). The maximum Gasteiger partial charge on any atom is 0.264 e. The summed E-state index contributed by atoms with van der Waals surface area (Å²) in [6.07, 6.45) is 5.20. The Hall–Kier alpha value is -3.33. The van der Waals surface area contributed by atoms with Gasteiger partial charge in [0, 0.05) is 19.5 Å². The molecule has 4 aromatic rings. The first-order valence-corrected chi connectivity index (χ1v) is 11.3. The van der Waals surface area contributed by atoms with Crippen molar-refractivity contribution in [2.24, 2.45) is 0 Å². The molecule has 7 nitrogen and oxygen atoms in total. The van der Waals surface area contributed by atoms with Crippen LogP contribution in [0.5, 0.6) is 0 Å². The van der Waals surface area contributed by atoms with Gasteiger partial charge >= 0.3 is 0 Å². The van der Waals surface area contributed by atoms with Gasteiger partial charge in [-0.05, 0) is 43.0 Å². The van der Waals surface area contributed by atoms with Crippen LogP contribution in [0.2, 0.25) is 0 Å². The summed E-state index contributed by atoms with van der Waals surface area (Å²) in [6, 6.07) is 6.41. The third-order valence-corrected chi connectivity index (χ3v) is 7.01. The van der Waals surface area contributed by atoms with Crippen LogP contribution < -0.4 is 5.56 Å². The van der Waals surface area contributed by atoms with E-state index < -0.39 is 0 Å². The van der Waals surface area contributed by atoms with Crippen LogP contribution in [-0.2, 0) is 6.42 Å². The molecule has 1 aliphatic rings. The van der Waals surface area contributed by atoms with Crippen molar-refractivity contribution in [2.75, 3.05) is 13.1 Å². The van der Waals surface area contributed by atoms with Gasteiger partial charge < -0.3 is 14.3 Å². The number of likely N-dealkylation sites (tertiary alicyclic amines) is 1. The Morgan fingerprint density at radius 1 is 1.38 bits per heavy atom. The van der Waals surface area contributed by atoms with Gasteiger partial charge in [-0.2, -0.15) is 0 Å². The normalized spacial score (nSPS) is 16.6. The minimum atomic E-state index is -0.280. The molecule has 0 spiro atoms. The highest BCUT2D eigenvalue weighted by molar-refractivity contribution is 7.20. The summed E-state index contributed by atoms with van der Waals surface area (Å²) in [4.78, 5) is 39.5. The summed E-state index contributed by atoms with van der Waals surface area (Å²) in [6.45, 7) is 2.93. The van der Waals surface area contributed by atoms with E-state index in [9.17, 15) is 14.0 Å². The van der Waals surface area contributed by atoms with Crippen molar-refractivity contribution in [1.82, 2.24) is 19.9 Å². The molecule has 1 aromatic carbocycles. The topological polar surface area (TPSA) is 92.1 Å². The van der Waals surface area contributed by atoms with Gasteiger partial charge in [-0.25, -0.2) is 14.4 Å². The number of carbonyl (C=O) groups excluding carboxylic acids is 1. The van der Waals surface area contributed by atoms with Crippen LogP contribution in [-0.4, -0.2) is 38.8 Å². The highest BCUT2D eigenvalue weighted by Gasteiger charge is 2.30. The smallest absolute Gasteiger partial charge is 0.264 e. The molecule has 3 aromatic heterocycles. The number of aromatic nitrogens is 3. The number of H-pyrrole nitrogens is 1. The van der Waals surface area contributed by atoms with E-state index in [1.807, 2.05) is 6.07 Å². The number of rotatable bonds is 4. The fourth-order valence-corrected chi connectivity index (χ4v) is 5.35. The SMILES string of the molecule is Cc1c(C(=O)N2CCC[C@@H](c3ncc(Cc4cccc(F)c4)o3)C2)sc2nc[nH]c(=O)c12. The Bertz CT molecular complexity index is 1360. The number of nitrogens with zero attached hydrogens (tertiary/aromatic N) is 3. The molecule has 1 fully saturated rings. The third kappa shape index (κ3) is 3.84. The van der Waals surface area contributed by atoms with Crippen molar-refractivity contribution >= 4 is 27.5 Å². The number of benzene rings is 1. The predicted molar refractivity (Wildman–Crippen MR) is 119 cm³/mol. The highest BCUT2D eigenvalue weighted by Crippen LogP contribution is 2.32. The molecule has 164 valence electrons. The summed E-state index contributed by atoms with van der Waals surface area (Å²) in [7, 11) is 0.